The van der Waals surface area contributed by atoms with E-state index >= 15 is 0 Å². The zero-order valence-electron chi connectivity index (χ0n) is 9.15. The van der Waals surface area contributed by atoms with Crippen LogP contribution in [0.15, 0.2) is 30.5 Å². The van der Waals surface area contributed by atoms with Crippen LogP contribution in [-0.4, -0.2) is 9.78 Å². The maximum absolute atomic E-state index is 13.7. The fourth-order valence-corrected chi connectivity index (χ4v) is 1.69. The molecule has 16 heavy (non-hydrogen) atoms. The molecule has 1 aromatic heterocycles. The van der Waals surface area contributed by atoms with Crippen LogP contribution in [0.3, 0.4) is 0 Å². The third kappa shape index (κ3) is 1.91. The van der Waals surface area contributed by atoms with Crippen molar-refractivity contribution in [2.24, 2.45) is 0 Å². The molecule has 2 rings (SSSR count). The molecule has 0 unspecified atom stereocenters. The van der Waals surface area contributed by atoms with Crippen LogP contribution in [0.1, 0.15) is 13.3 Å². The van der Waals surface area contributed by atoms with Crippen LogP contribution in [0.2, 0.25) is 0 Å². The Balaban J connectivity index is 2.46. The van der Waals surface area contributed by atoms with Crippen molar-refractivity contribution in [3.63, 3.8) is 0 Å². The molecule has 0 aliphatic rings. The number of benzene rings is 1. The smallest absolute Gasteiger partial charge is 0.134 e. The lowest BCUT2D eigenvalue weighted by atomic mass is 10.1. The van der Waals surface area contributed by atoms with Crippen molar-refractivity contribution < 1.29 is 4.39 Å². The number of hydrogen-bond donors (Lipinski definition) is 1. The molecule has 2 N–H and O–H groups in total. The summed E-state index contributed by atoms with van der Waals surface area (Å²) in [5, 5.41) is 4.16. The summed E-state index contributed by atoms with van der Waals surface area (Å²) < 4.78 is 15.5. The Bertz CT molecular complexity index is 491. The van der Waals surface area contributed by atoms with E-state index in [-0.39, 0.29) is 5.82 Å². The predicted octanol–water partition coefficient (Wildman–Crippen LogP) is 2.68. The molecule has 0 radical (unpaired) electrons. The first-order valence-corrected chi connectivity index (χ1v) is 5.29. The van der Waals surface area contributed by atoms with Gasteiger partial charge in [-0.3, -0.25) is 4.68 Å². The molecular weight excluding hydrogens is 205 g/mol. The van der Waals surface area contributed by atoms with E-state index in [0.717, 1.165) is 18.7 Å². The number of anilines is 1. The van der Waals surface area contributed by atoms with E-state index in [1.807, 2.05) is 6.07 Å². The zero-order chi connectivity index (χ0) is 11.5. The van der Waals surface area contributed by atoms with Gasteiger partial charge in [0.25, 0.3) is 0 Å². The van der Waals surface area contributed by atoms with Crippen LogP contribution in [0, 0.1) is 5.82 Å². The van der Waals surface area contributed by atoms with Crippen LogP contribution in [0.25, 0.3) is 11.3 Å². The number of aryl methyl sites for hydroxylation is 1. The molecule has 0 fully saturated rings. The van der Waals surface area contributed by atoms with E-state index in [0.29, 0.717) is 11.3 Å². The van der Waals surface area contributed by atoms with Gasteiger partial charge in [0.2, 0.25) is 0 Å². The number of nitrogens with two attached hydrogens (primary N) is 1. The van der Waals surface area contributed by atoms with Gasteiger partial charge in [-0.2, -0.15) is 5.10 Å². The number of nitrogen functional groups attached to an aromatic ring is 1. The summed E-state index contributed by atoms with van der Waals surface area (Å²) in [6.07, 6.45) is 2.64. The van der Waals surface area contributed by atoms with Gasteiger partial charge in [0.15, 0.2) is 0 Å². The molecule has 4 heteroatoms. The lowest BCUT2D eigenvalue weighted by Gasteiger charge is -2.07. The summed E-state index contributed by atoms with van der Waals surface area (Å²) in [5.74, 6) is -0.308. The molecule has 0 saturated carbocycles. The average Bonchev–Trinajstić information content (AvgIpc) is 2.67. The van der Waals surface area contributed by atoms with Gasteiger partial charge in [-0.1, -0.05) is 6.92 Å². The molecule has 0 aliphatic heterocycles. The van der Waals surface area contributed by atoms with Gasteiger partial charge < -0.3 is 5.73 Å². The Morgan fingerprint density at radius 3 is 2.88 bits per heavy atom. The van der Waals surface area contributed by atoms with Crippen LogP contribution < -0.4 is 5.73 Å². The monoisotopic (exact) mass is 219 g/mol. The minimum Gasteiger partial charge on any atom is -0.399 e. The van der Waals surface area contributed by atoms with Crippen LogP contribution in [0.5, 0.6) is 0 Å². The molecule has 84 valence electrons. The summed E-state index contributed by atoms with van der Waals surface area (Å²) in [6.45, 7) is 2.84. The number of hydrogen-bond acceptors (Lipinski definition) is 2. The van der Waals surface area contributed by atoms with Crippen molar-refractivity contribution in [1.29, 1.82) is 0 Å². The highest BCUT2D eigenvalue weighted by Gasteiger charge is 2.09. The van der Waals surface area contributed by atoms with Gasteiger partial charge in [-0.15, -0.1) is 0 Å². The van der Waals surface area contributed by atoms with Gasteiger partial charge in [0.05, 0.1) is 5.69 Å². The van der Waals surface area contributed by atoms with E-state index in [4.69, 9.17) is 5.73 Å². The van der Waals surface area contributed by atoms with Crippen molar-refractivity contribution in [2.75, 3.05) is 5.73 Å². The van der Waals surface area contributed by atoms with Gasteiger partial charge in [0.1, 0.15) is 5.82 Å². The molecule has 1 aromatic carbocycles. The fourth-order valence-electron chi connectivity index (χ4n) is 1.69. The molecule has 0 amide bonds. The Labute approximate surface area is 93.7 Å². The van der Waals surface area contributed by atoms with E-state index in [1.165, 1.54) is 6.07 Å². The SMILES string of the molecule is CCCn1nccc1-c1ccc(N)cc1F. The average molecular weight is 219 g/mol. The van der Waals surface area contributed by atoms with E-state index in [1.54, 1.807) is 23.0 Å². The van der Waals surface area contributed by atoms with Crippen molar-refractivity contribution in [2.45, 2.75) is 19.9 Å². The first-order chi connectivity index (χ1) is 7.72. The van der Waals surface area contributed by atoms with Gasteiger partial charge in [0, 0.05) is 24.0 Å². The summed E-state index contributed by atoms with van der Waals surface area (Å²) in [4.78, 5) is 0. The van der Waals surface area contributed by atoms with Crippen molar-refractivity contribution in [3.05, 3.63) is 36.3 Å². The maximum Gasteiger partial charge on any atom is 0.134 e. The van der Waals surface area contributed by atoms with E-state index in [2.05, 4.69) is 12.0 Å². The third-order valence-electron chi connectivity index (χ3n) is 2.42. The molecule has 0 aliphatic carbocycles. The minimum absolute atomic E-state index is 0.308. The lowest BCUT2D eigenvalue weighted by Crippen LogP contribution is -2.02. The second-order valence-electron chi connectivity index (χ2n) is 3.68. The molecule has 3 nitrogen and oxygen atoms in total. The van der Waals surface area contributed by atoms with E-state index in [9.17, 15) is 4.39 Å². The number of aromatic nitrogens is 2. The Morgan fingerprint density at radius 1 is 1.38 bits per heavy atom. The highest BCUT2D eigenvalue weighted by molar-refractivity contribution is 5.63. The molecule has 2 aromatic rings. The lowest BCUT2D eigenvalue weighted by molar-refractivity contribution is 0.598. The van der Waals surface area contributed by atoms with Gasteiger partial charge >= 0.3 is 0 Å². The van der Waals surface area contributed by atoms with Gasteiger partial charge in [-0.25, -0.2) is 4.39 Å². The standard InChI is InChI=1S/C12H14FN3/c1-2-7-16-12(5-6-15-16)10-4-3-9(14)8-11(10)13/h3-6,8H,2,7,14H2,1H3. The molecule has 0 atom stereocenters. The van der Waals surface area contributed by atoms with Crippen LogP contribution in [-0.2, 0) is 6.54 Å². The summed E-state index contributed by atoms with van der Waals surface area (Å²) in [7, 11) is 0. The zero-order valence-corrected chi connectivity index (χ0v) is 9.15. The first-order valence-electron chi connectivity index (χ1n) is 5.29. The number of rotatable bonds is 3. The molecular formula is C12H14FN3. The van der Waals surface area contributed by atoms with Crippen LogP contribution >= 0.6 is 0 Å². The normalized spacial score (nSPS) is 10.6. The quantitative estimate of drug-likeness (QED) is 0.806. The second-order valence-corrected chi connectivity index (χ2v) is 3.68. The molecule has 1 heterocycles. The highest BCUT2D eigenvalue weighted by atomic mass is 19.1. The van der Waals surface area contributed by atoms with Crippen molar-refractivity contribution in [3.8, 4) is 11.3 Å². The van der Waals surface area contributed by atoms with E-state index < -0.39 is 0 Å². The molecule has 0 bridgehead atoms. The Kier molecular flexibility index (Phi) is 2.90. The Morgan fingerprint density at radius 2 is 2.19 bits per heavy atom. The topological polar surface area (TPSA) is 43.8 Å². The van der Waals surface area contributed by atoms with Gasteiger partial charge in [-0.05, 0) is 30.7 Å². The number of halogens is 1. The summed E-state index contributed by atoms with van der Waals surface area (Å²) in [6, 6.07) is 6.53. The predicted molar refractivity (Wildman–Crippen MR) is 62.3 cm³/mol. The van der Waals surface area contributed by atoms with Crippen molar-refractivity contribution >= 4 is 5.69 Å². The molecule has 0 spiro atoms. The highest BCUT2D eigenvalue weighted by Crippen LogP contribution is 2.24. The minimum atomic E-state index is -0.308. The van der Waals surface area contributed by atoms with Crippen molar-refractivity contribution in [1.82, 2.24) is 9.78 Å². The number of nitrogens with zero attached hydrogens (tertiary/aromatic N) is 2. The van der Waals surface area contributed by atoms with Crippen LogP contribution in [0.4, 0.5) is 10.1 Å². The second kappa shape index (κ2) is 4.35. The molecule has 0 saturated heterocycles. The third-order valence-corrected chi connectivity index (χ3v) is 2.42. The summed E-state index contributed by atoms with van der Waals surface area (Å²) in [5.41, 5.74) is 7.28. The summed E-state index contributed by atoms with van der Waals surface area (Å²) >= 11 is 0. The first kappa shape index (κ1) is 10.7. The fraction of sp³-hybridized carbons (Fsp3) is 0.250. The maximum atomic E-state index is 13.7. The Hall–Kier alpha value is -1.84. The largest absolute Gasteiger partial charge is 0.399 e.